The van der Waals surface area contributed by atoms with Crippen LogP contribution in [0.5, 0.6) is 5.88 Å². The largest absolute Gasteiger partial charge is 0.760 e. The first kappa shape index (κ1) is 23.4. The minimum Gasteiger partial charge on any atom is -0.760 e. The van der Waals surface area contributed by atoms with Crippen molar-refractivity contribution in [2.75, 3.05) is 24.4 Å². The van der Waals surface area contributed by atoms with Crippen molar-refractivity contribution in [3.05, 3.63) is 17.8 Å². The number of hydrogen-bond acceptors (Lipinski definition) is 9. The second kappa shape index (κ2) is 10.4. The zero-order valence-electron chi connectivity index (χ0n) is 18.2. The number of aliphatic hydroxyl groups is 1. The molecule has 0 spiro atoms. The summed E-state index contributed by atoms with van der Waals surface area (Å²) < 4.78 is 30.6. The molecule has 3 rings (SSSR count). The fourth-order valence-corrected chi connectivity index (χ4v) is 4.98. The molecule has 0 amide bonds. The van der Waals surface area contributed by atoms with E-state index >= 15 is 0 Å². The monoisotopic (exact) mass is 452 g/mol. The first-order valence-corrected chi connectivity index (χ1v) is 11.4. The zero-order valence-corrected chi connectivity index (χ0v) is 19.1. The van der Waals surface area contributed by atoms with Crippen molar-refractivity contribution in [1.82, 2.24) is 24.5 Å². The maximum Gasteiger partial charge on any atom is 0.230 e. The smallest absolute Gasteiger partial charge is 0.230 e. The number of hydrogen-bond donors (Lipinski definition) is 3. The molecule has 0 radical (unpaired) electrons. The number of ether oxygens (including phenoxy) is 1. The van der Waals surface area contributed by atoms with Gasteiger partial charge >= 0.3 is 0 Å². The molecule has 2 aromatic heterocycles. The Morgan fingerprint density at radius 1 is 1.29 bits per heavy atom. The van der Waals surface area contributed by atoms with E-state index < -0.39 is 11.3 Å². The number of rotatable bonds is 9. The van der Waals surface area contributed by atoms with E-state index in [1.165, 1.54) is 7.11 Å². The Hall–Kier alpha value is -2.28. The Labute approximate surface area is 184 Å². The number of aromatic nitrogens is 4. The second-order valence-corrected chi connectivity index (χ2v) is 8.45. The molecule has 4 atom stereocenters. The van der Waals surface area contributed by atoms with Gasteiger partial charge in [0, 0.05) is 48.6 Å². The number of anilines is 3. The quantitative estimate of drug-likeness (QED) is 0.484. The minimum absolute atomic E-state index is 0.0614. The number of nitrogens with zero attached hydrogens (tertiary/aromatic N) is 5. The third-order valence-electron chi connectivity index (χ3n) is 5.74. The zero-order chi connectivity index (χ0) is 22.5. The number of aliphatic hydroxyl groups excluding tert-OH is 1. The Balaban J connectivity index is 1.84. The lowest BCUT2D eigenvalue weighted by Gasteiger charge is -2.47. The van der Waals surface area contributed by atoms with E-state index in [1.807, 2.05) is 25.8 Å². The van der Waals surface area contributed by atoms with Gasteiger partial charge in [0.1, 0.15) is 5.82 Å². The Kier molecular flexibility index (Phi) is 7.81. The molecule has 2 unspecified atom stereocenters. The van der Waals surface area contributed by atoms with Crippen molar-refractivity contribution >= 4 is 28.9 Å². The first-order valence-electron chi connectivity index (χ1n) is 10.4. The molecule has 1 fully saturated rings. The lowest BCUT2D eigenvalue weighted by Crippen LogP contribution is -2.54. The molecule has 12 heteroatoms. The van der Waals surface area contributed by atoms with Crippen molar-refractivity contribution in [3.63, 3.8) is 0 Å². The highest BCUT2D eigenvalue weighted by Crippen LogP contribution is 2.32. The van der Waals surface area contributed by atoms with Gasteiger partial charge in [0.2, 0.25) is 11.8 Å². The molecule has 31 heavy (non-hydrogen) atoms. The Morgan fingerprint density at radius 3 is 2.48 bits per heavy atom. The van der Waals surface area contributed by atoms with Crippen LogP contribution in [0.4, 0.5) is 17.6 Å². The van der Waals surface area contributed by atoms with Gasteiger partial charge in [-0.2, -0.15) is 15.1 Å². The molecule has 172 valence electrons. The normalized spacial score (nSPS) is 22.8. The molecule has 1 saturated heterocycles. The van der Waals surface area contributed by atoms with E-state index in [1.54, 1.807) is 16.4 Å². The minimum atomic E-state index is -2.24. The van der Waals surface area contributed by atoms with Crippen LogP contribution in [-0.2, 0) is 17.9 Å². The van der Waals surface area contributed by atoms with Crippen LogP contribution in [-0.4, -0.2) is 70.6 Å². The first-order chi connectivity index (χ1) is 14.9. The molecule has 0 aliphatic carbocycles. The lowest BCUT2D eigenvalue weighted by molar-refractivity contribution is 0.149. The van der Waals surface area contributed by atoms with E-state index in [9.17, 15) is 13.9 Å². The summed E-state index contributed by atoms with van der Waals surface area (Å²) in [4.78, 5) is 11.1. The van der Waals surface area contributed by atoms with Crippen LogP contribution >= 0.6 is 0 Å². The second-order valence-electron chi connectivity index (χ2n) is 7.59. The summed E-state index contributed by atoms with van der Waals surface area (Å²) in [5.41, 5.74) is 0.583. The van der Waals surface area contributed by atoms with Gasteiger partial charge < -0.3 is 24.6 Å². The summed E-state index contributed by atoms with van der Waals surface area (Å²) in [6.07, 6.45) is 2.87. The highest BCUT2D eigenvalue weighted by molar-refractivity contribution is 7.76. The standard InChI is InChI=1S/C19H31N7O4S/c1-5-13-8-15(9-14(6-2)26(13)31(28)29)25(3)19-21-16(10-18(22-19)30-4)20-17-7-12(11-27)23-24-17/h7,10,13-15,27H,5-6,8-9,11H2,1-4H3,(H,28,29)(H2,20,21,22,23,24)/p-1/t13-,14+,15?. The van der Waals surface area contributed by atoms with Gasteiger partial charge in [-0.05, 0) is 25.7 Å². The molecular formula is C19H30N7O4S-. The van der Waals surface area contributed by atoms with Crippen molar-refractivity contribution < 1.29 is 18.6 Å². The van der Waals surface area contributed by atoms with Crippen molar-refractivity contribution in [2.45, 2.75) is 64.3 Å². The highest BCUT2D eigenvalue weighted by Gasteiger charge is 2.37. The fourth-order valence-electron chi connectivity index (χ4n) is 4.02. The summed E-state index contributed by atoms with van der Waals surface area (Å²) >= 11 is -2.24. The maximum atomic E-state index is 11.8. The molecule has 0 bridgehead atoms. The van der Waals surface area contributed by atoms with Gasteiger partial charge in [0.05, 0.1) is 19.4 Å². The molecule has 0 saturated carbocycles. The van der Waals surface area contributed by atoms with Crippen LogP contribution in [0.15, 0.2) is 12.1 Å². The molecule has 3 N–H and O–H groups in total. The average molecular weight is 453 g/mol. The van der Waals surface area contributed by atoms with Crippen LogP contribution < -0.4 is 15.0 Å². The van der Waals surface area contributed by atoms with Gasteiger partial charge in [-0.3, -0.25) is 9.31 Å². The molecule has 2 aromatic rings. The van der Waals surface area contributed by atoms with Gasteiger partial charge in [0.25, 0.3) is 0 Å². The Bertz CT molecular complexity index is 882. The summed E-state index contributed by atoms with van der Waals surface area (Å²) in [5.74, 6) is 1.89. The summed E-state index contributed by atoms with van der Waals surface area (Å²) in [7, 11) is 3.46. The summed E-state index contributed by atoms with van der Waals surface area (Å²) in [6.45, 7) is 3.88. The number of nitrogens with one attached hydrogen (secondary N) is 2. The highest BCUT2D eigenvalue weighted by atomic mass is 32.2. The number of piperidine rings is 1. The maximum absolute atomic E-state index is 11.8. The third kappa shape index (κ3) is 5.32. The van der Waals surface area contributed by atoms with Gasteiger partial charge in [-0.1, -0.05) is 13.8 Å². The van der Waals surface area contributed by atoms with E-state index in [0.717, 1.165) is 12.8 Å². The average Bonchev–Trinajstić information content (AvgIpc) is 3.24. The SMILES string of the molecule is CC[C@@H]1CC(N(C)c2nc(Nc3cc(CO)[nH]n3)cc(OC)n2)C[C@H](CC)N1S(=O)[O-]. The number of H-pyrrole nitrogens is 1. The molecule has 1 aliphatic heterocycles. The van der Waals surface area contributed by atoms with E-state index in [0.29, 0.717) is 42.0 Å². The van der Waals surface area contributed by atoms with Crippen LogP contribution in [0, 0.1) is 0 Å². The summed E-state index contributed by atoms with van der Waals surface area (Å²) in [5, 5.41) is 19.1. The van der Waals surface area contributed by atoms with Gasteiger partial charge in [0.15, 0.2) is 5.82 Å². The van der Waals surface area contributed by atoms with Crippen LogP contribution in [0.1, 0.15) is 45.2 Å². The molecule has 3 heterocycles. The number of aromatic amines is 1. The molecule has 11 nitrogen and oxygen atoms in total. The predicted octanol–water partition coefficient (Wildman–Crippen LogP) is 1.70. The molecular weight excluding hydrogens is 422 g/mol. The van der Waals surface area contributed by atoms with Crippen molar-refractivity contribution in [3.8, 4) is 5.88 Å². The predicted molar refractivity (Wildman–Crippen MR) is 117 cm³/mol. The third-order valence-corrected chi connectivity index (χ3v) is 6.68. The van der Waals surface area contributed by atoms with Crippen LogP contribution in [0.25, 0.3) is 0 Å². The summed E-state index contributed by atoms with van der Waals surface area (Å²) in [6, 6.07) is 3.31. The van der Waals surface area contributed by atoms with E-state index in [2.05, 4.69) is 25.5 Å². The van der Waals surface area contributed by atoms with Crippen LogP contribution in [0.2, 0.25) is 0 Å². The van der Waals surface area contributed by atoms with Crippen molar-refractivity contribution in [2.24, 2.45) is 0 Å². The van der Waals surface area contributed by atoms with Crippen molar-refractivity contribution in [1.29, 1.82) is 0 Å². The number of methoxy groups -OCH3 is 1. The molecule has 1 aliphatic rings. The molecule has 0 aromatic carbocycles. The van der Waals surface area contributed by atoms with E-state index in [-0.39, 0.29) is 24.7 Å². The van der Waals surface area contributed by atoms with Gasteiger partial charge in [-0.15, -0.1) is 0 Å². The van der Waals surface area contributed by atoms with Crippen LogP contribution in [0.3, 0.4) is 0 Å². The Morgan fingerprint density at radius 2 is 1.97 bits per heavy atom. The van der Waals surface area contributed by atoms with Gasteiger partial charge in [-0.25, -0.2) is 4.31 Å². The lowest BCUT2D eigenvalue weighted by atomic mass is 9.90. The van der Waals surface area contributed by atoms with E-state index in [4.69, 9.17) is 4.74 Å². The topological polar surface area (TPSA) is 143 Å². The fraction of sp³-hybridized carbons (Fsp3) is 0.632.